The van der Waals surface area contributed by atoms with Gasteiger partial charge in [0, 0.05) is 31.7 Å². The fourth-order valence-electron chi connectivity index (χ4n) is 11.9. The van der Waals surface area contributed by atoms with Gasteiger partial charge in [-0.2, -0.15) is 0 Å². The van der Waals surface area contributed by atoms with E-state index >= 15 is 0 Å². The molecule has 214 valence electrons. The Balaban J connectivity index is 1.44. The maximum absolute atomic E-state index is 13.6. The Bertz CT molecular complexity index is 1230. The van der Waals surface area contributed by atoms with Gasteiger partial charge in [0.15, 0.2) is 5.78 Å². The van der Waals surface area contributed by atoms with E-state index in [1.54, 1.807) is 0 Å². The molecule has 0 saturated heterocycles. The number of allylic oxidation sites excluding steroid dienone is 1. The monoisotopic (exact) mass is 537 g/mol. The van der Waals surface area contributed by atoms with Crippen LogP contribution in [0.15, 0.2) is 11.1 Å². The number of rotatable bonds is 4. The van der Waals surface area contributed by atoms with Crippen LogP contribution in [0.3, 0.4) is 0 Å². The number of aliphatic hydroxyl groups excluding tert-OH is 1. The van der Waals surface area contributed by atoms with Crippen LogP contribution in [0.5, 0.6) is 0 Å². The summed E-state index contributed by atoms with van der Waals surface area (Å²) in [5, 5.41) is 11.3. The fraction of sp³-hybridized carbons (Fsp3) is 0.848. The van der Waals surface area contributed by atoms with Crippen LogP contribution >= 0.6 is 0 Å². The Kier molecular flexibility index (Phi) is 5.77. The topological polar surface area (TPSA) is 94.0 Å². The first-order valence-corrected chi connectivity index (χ1v) is 15.5. The number of hydrogen-bond donors (Lipinski definition) is 2. The van der Waals surface area contributed by atoms with E-state index in [9.17, 15) is 14.7 Å². The van der Waals surface area contributed by atoms with Crippen molar-refractivity contribution < 1.29 is 19.4 Å². The molecule has 4 saturated carbocycles. The Hall–Kier alpha value is -1.71. The molecule has 5 aliphatic carbocycles. The molecule has 0 radical (unpaired) electrons. The van der Waals surface area contributed by atoms with Gasteiger partial charge in [-0.3, -0.25) is 9.59 Å². The predicted octanol–water partition coefficient (Wildman–Crippen LogP) is 5.67. The highest BCUT2D eigenvalue weighted by Crippen LogP contribution is 2.79. The van der Waals surface area contributed by atoms with Gasteiger partial charge in [0.1, 0.15) is 6.10 Å². The number of aliphatic hydroxyl groups is 1. The van der Waals surface area contributed by atoms with Crippen LogP contribution in [0.2, 0.25) is 0 Å². The molecule has 3 N–H and O–H groups in total. The van der Waals surface area contributed by atoms with Gasteiger partial charge in [-0.15, -0.1) is 0 Å². The van der Waals surface area contributed by atoms with Crippen molar-refractivity contribution in [1.29, 1.82) is 0 Å². The zero-order chi connectivity index (χ0) is 28.4. The van der Waals surface area contributed by atoms with Crippen molar-refractivity contribution >= 4 is 11.8 Å². The lowest BCUT2D eigenvalue weighted by atomic mass is 9.30. The molecular formula is C33H49N2O4+. The van der Waals surface area contributed by atoms with E-state index in [1.807, 2.05) is 0 Å². The molecule has 0 aromatic heterocycles. The maximum atomic E-state index is 13.6. The van der Waals surface area contributed by atoms with Crippen LogP contribution in [0, 0.1) is 50.9 Å². The van der Waals surface area contributed by atoms with Crippen molar-refractivity contribution in [3.05, 3.63) is 16.0 Å². The third-order valence-corrected chi connectivity index (χ3v) is 14.0. The number of carbonyl (C=O) groups is 2. The number of nitrogens with two attached hydrogens (primary N) is 1. The molecular weight excluding hydrogens is 488 g/mol. The second-order valence-corrected chi connectivity index (χ2v) is 15.3. The lowest BCUT2D eigenvalue weighted by Gasteiger charge is -2.71. The van der Waals surface area contributed by atoms with Gasteiger partial charge in [-0.25, -0.2) is 0 Å². The number of carbonyl (C=O) groups excluding carboxylic acids is 2. The zero-order valence-electron chi connectivity index (χ0n) is 25.2. The molecule has 4 fully saturated rings. The standard InChI is InChI=1S/C33H49N2O4/c1-19(2)26-22(37)16-32(24(38)17-34)14-12-28(4)21(27(26)32)8-9-23-29(28,5)13-15-33-30(23,6)11-10-25(39-20(3)36)31(33,7)18-35-33/h19,21,23-25,38H,8-17,34H2,1-7H3/q+1. The summed E-state index contributed by atoms with van der Waals surface area (Å²) < 4.78 is 5.89. The fourth-order valence-corrected chi connectivity index (χ4v) is 11.9. The number of fused-ring (bicyclic) bond motifs is 6. The molecule has 39 heavy (non-hydrogen) atoms. The number of hydrogen-bond acceptors (Lipinski definition) is 5. The van der Waals surface area contributed by atoms with E-state index in [-0.39, 0.29) is 63.4 Å². The van der Waals surface area contributed by atoms with Gasteiger partial charge in [-0.1, -0.05) is 45.0 Å². The summed E-state index contributed by atoms with van der Waals surface area (Å²) in [6.07, 6.45) is 7.46. The van der Waals surface area contributed by atoms with Crippen molar-refractivity contribution in [3.63, 3.8) is 0 Å². The number of esters is 1. The summed E-state index contributed by atoms with van der Waals surface area (Å²) in [5.74, 6) is 0.938. The van der Waals surface area contributed by atoms with Gasteiger partial charge in [0.25, 0.3) is 6.07 Å². The average Bonchev–Trinajstić information content (AvgIpc) is 3.18. The van der Waals surface area contributed by atoms with Crippen molar-refractivity contribution in [2.75, 3.05) is 6.54 Å². The number of Topliss-reactive ketones (excluding diaryl/α,β-unsaturated/α-hetero) is 1. The predicted molar refractivity (Wildman–Crippen MR) is 151 cm³/mol. The summed E-state index contributed by atoms with van der Waals surface area (Å²) in [6.45, 7) is 15.8. The number of nitrogens with zero attached hydrogens (tertiary/aromatic N) is 1. The maximum Gasteiger partial charge on any atom is 0.312 e. The third-order valence-electron chi connectivity index (χ3n) is 14.0. The van der Waals surface area contributed by atoms with Crippen molar-refractivity contribution in [3.8, 4) is 6.07 Å². The molecule has 6 heteroatoms. The molecule has 0 aromatic carbocycles. The van der Waals surface area contributed by atoms with Gasteiger partial charge in [0.05, 0.1) is 11.5 Å². The summed E-state index contributed by atoms with van der Waals surface area (Å²) in [5.41, 5.74) is 7.39. The summed E-state index contributed by atoms with van der Waals surface area (Å²) in [4.78, 5) is 30.6. The van der Waals surface area contributed by atoms with Crippen molar-refractivity contribution in [2.24, 2.45) is 50.6 Å². The highest BCUT2D eigenvalue weighted by atomic mass is 16.5. The van der Waals surface area contributed by atoms with Crippen LogP contribution in [0.25, 0.3) is 4.85 Å². The molecule has 1 heterocycles. The van der Waals surface area contributed by atoms with E-state index in [0.717, 1.165) is 56.9 Å². The van der Waals surface area contributed by atoms with Gasteiger partial charge >= 0.3 is 11.5 Å². The third kappa shape index (κ3) is 2.95. The minimum atomic E-state index is -0.674. The molecule has 6 rings (SSSR count). The molecule has 6 aliphatic rings. The summed E-state index contributed by atoms with van der Waals surface area (Å²) in [7, 11) is 0. The van der Waals surface area contributed by atoms with E-state index in [1.165, 1.54) is 12.5 Å². The van der Waals surface area contributed by atoms with Crippen LogP contribution in [0.1, 0.15) is 106 Å². The highest BCUT2D eigenvalue weighted by molar-refractivity contribution is 6.00. The first-order valence-electron chi connectivity index (χ1n) is 15.5. The Morgan fingerprint density at radius 2 is 1.74 bits per heavy atom. The average molecular weight is 538 g/mol. The van der Waals surface area contributed by atoms with E-state index in [0.29, 0.717) is 12.3 Å². The Morgan fingerprint density at radius 1 is 1.05 bits per heavy atom. The van der Waals surface area contributed by atoms with Gasteiger partial charge in [0.2, 0.25) is 5.41 Å². The molecule has 10 unspecified atom stereocenters. The molecule has 1 aliphatic heterocycles. The lowest BCUT2D eigenvalue weighted by molar-refractivity contribution is -0.231. The quantitative estimate of drug-likeness (QED) is 0.451. The zero-order valence-corrected chi connectivity index (χ0v) is 25.2. The van der Waals surface area contributed by atoms with E-state index < -0.39 is 11.5 Å². The van der Waals surface area contributed by atoms with Gasteiger partial charge in [-0.05, 0) is 86.0 Å². The van der Waals surface area contributed by atoms with Crippen molar-refractivity contribution in [2.45, 2.75) is 124 Å². The molecule has 0 amide bonds. The first kappa shape index (κ1) is 27.5. The van der Waals surface area contributed by atoms with Gasteiger partial charge < -0.3 is 15.6 Å². The lowest BCUT2D eigenvalue weighted by Crippen LogP contribution is -2.75. The van der Waals surface area contributed by atoms with Crippen LogP contribution in [-0.2, 0) is 14.3 Å². The normalized spacial score (nSPS) is 50.4. The molecule has 6 nitrogen and oxygen atoms in total. The minimum Gasteiger partial charge on any atom is -0.460 e. The smallest absolute Gasteiger partial charge is 0.312 e. The molecule has 10 atom stereocenters. The molecule has 1 spiro atoms. The van der Waals surface area contributed by atoms with Crippen LogP contribution in [-0.4, -0.2) is 41.2 Å². The summed E-state index contributed by atoms with van der Waals surface area (Å²) >= 11 is 0. The number of ether oxygens (including phenoxy) is 1. The van der Waals surface area contributed by atoms with E-state index in [2.05, 4.69) is 47.6 Å². The number of ketones is 1. The second kappa shape index (κ2) is 8.19. The highest BCUT2D eigenvalue weighted by Gasteiger charge is 2.85. The van der Waals surface area contributed by atoms with Crippen LogP contribution < -0.4 is 5.73 Å². The Morgan fingerprint density at radius 3 is 2.33 bits per heavy atom. The van der Waals surface area contributed by atoms with Crippen LogP contribution in [0.4, 0.5) is 0 Å². The first-order chi connectivity index (χ1) is 18.2. The SMILES string of the molecule is CC(=O)OC1CCC2(C)C3CCC4C5=C(C(C)C)C(=O)CC5(C(O)CN)CCC4(C)C3(C)CCC23[N+]#CC13C. The Labute approximate surface area is 234 Å². The second-order valence-electron chi connectivity index (χ2n) is 15.3. The molecule has 0 bridgehead atoms. The minimum absolute atomic E-state index is 0.00328. The molecule has 0 aromatic rings. The largest absolute Gasteiger partial charge is 0.460 e. The van der Waals surface area contributed by atoms with Crippen molar-refractivity contribution in [1.82, 2.24) is 0 Å². The van der Waals surface area contributed by atoms with E-state index in [4.69, 9.17) is 15.3 Å². The summed E-state index contributed by atoms with van der Waals surface area (Å²) in [6, 6.07) is 3.41.